The Morgan fingerprint density at radius 3 is 2.75 bits per heavy atom. The van der Waals surface area contributed by atoms with Crippen LogP contribution in [0.4, 0.5) is 0 Å². The summed E-state index contributed by atoms with van der Waals surface area (Å²) in [6, 6.07) is 6.19. The number of nitrogens with two attached hydrogens (primary N) is 1. The molecule has 4 rings (SSSR count). The Kier molecular flexibility index (Phi) is 4.83. The van der Waals surface area contributed by atoms with E-state index in [1.807, 2.05) is 43.7 Å². The lowest BCUT2D eigenvalue weighted by atomic mass is 9.93. The summed E-state index contributed by atoms with van der Waals surface area (Å²) in [6.07, 6.45) is 7.05. The summed E-state index contributed by atoms with van der Waals surface area (Å²) in [4.78, 5) is 9.03. The number of hydrogen-bond acceptors (Lipinski definition) is 5. The molecule has 0 spiro atoms. The van der Waals surface area contributed by atoms with Crippen LogP contribution in [0.25, 0.3) is 16.9 Å². The SMILES string of the molecule is Cc1cc(-c2ccnc3cc(C4CC4)nn23)cnc1OC[C@H](C)CC(C)(C)N. The molecule has 148 valence electrons. The van der Waals surface area contributed by atoms with Gasteiger partial charge in [0.05, 0.1) is 18.0 Å². The van der Waals surface area contributed by atoms with Crippen molar-refractivity contribution >= 4 is 5.65 Å². The number of aromatic nitrogens is 4. The number of aryl methyl sites for hydroxylation is 1. The van der Waals surface area contributed by atoms with Crippen LogP contribution in [-0.2, 0) is 0 Å². The number of fused-ring (bicyclic) bond motifs is 1. The van der Waals surface area contributed by atoms with Gasteiger partial charge in [0.1, 0.15) is 0 Å². The minimum Gasteiger partial charge on any atom is -0.477 e. The molecule has 1 saturated carbocycles. The second-order valence-electron chi connectivity index (χ2n) is 8.90. The fourth-order valence-electron chi connectivity index (χ4n) is 3.74. The van der Waals surface area contributed by atoms with Gasteiger partial charge in [-0.05, 0) is 58.1 Å². The smallest absolute Gasteiger partial charge is 0.216 e. The molecule has 28 heavy (non-hydrogen) atoms. The van der Waals surface area contributed by atoms with Crippen LogP contribution in [0.15, 0.2) is 30.6 Å². The van der Waals surface area contributed by atoms with Crippen molar-refractivity contribution in [3.05, 3.63) is 41.9 Å². The summed E-state index contributed by atoms with van der Waals surface area (Å²) < 4.78 is 7.89. The molecular weight excluding hydrogens is 350 g/mol. The average molecular weight is 380 g/mol. The van der Waals surface area contributed by atoms with E-state index in [4.69, 9.17) is 15.6 Å². The molecule has 1 aliphatic carbocycles. The van der Waals surface area contributed by atoms with Gasteiger partial charge in [-0.1, -0.05) is 6.92 Å². The standard InChI is InChI=1S/C22H29N5O/c1-14(11-22(3,4)23)13-28-21-15(2)9-17(12-25-21)19-7-8-24-20-10-18(16-5-6-16)26-27(19)20/h7-10,12,14,16H,5-6,11,13,23H2,1-4H3/t14-/m1/s1. The highest BCUT2D eigenvalue weighted by atomic mass is 16.5. The molecule has 6 heteroatoms. The second-order valence-corrected chi connectivity index (χ2v) is 8.90. The van der Waals surface area contributed by atoms with Gasteiger partial charge >= 0.3 is 0 Å². The van der Waals surface area contributed by atoms with Gasteiger partial charge in [0, 0.05) is 41.0 Å². The Bertz CT molecular complexity index is 984. The van der Waals surface area contributed by atoms with E-state index >= 15 is 0 Å². The lowest BCUT2D eigenvalue weighted by molar-refractivity contribution is 0.221. The molecule has 0 bridgehead atoms. The Labute approximate surface area is 166 Å². The van der Waals surface area contributed by atoms with Crippen LogP contribution in [0.5, 0.6) is 5.88 Å². The Balaban J connectivity index is 1.54. The van der Waals surface area contributed by atoms with Crippen molar-refractivity contribution in [1.29, 1.82) is 0 Å². The molecule has 0 saturated heterocycles. The summed E-state index contributed by atoms with van der Waals surface area (Å²) >= 11 is 0. The molecule has 0 aromatic carbocycles. The average Bonchev–Trinajstić information content (AvgIpc) is 3.37. The highest BCUT2D eigenvalue weighted by Gasteiger charge is 2.27. The summed E-state index contributed by atoms with van der Waals surface area (Å²) in [5, 5.41) is 4.78. The third-order valence-corrected chi connectivity index (χ3v) is 5.08. The number of rotatable bonds is 7. The molecule has 0 unspecified atom stereocenters. The Morgan fingerprint density at radius 2 is 2.07 bits per heavy atom. The second kappa shape index (κ2) is 7.17. The molecule has 1 fully saturated rings. The number of nitrogens with zero attached hydrogens (tertiary/aromatic N) is 4. The van der Waals surface area contributed by atoms with Crippen LogP contribution in [-0.4, -0.2) is 31.7 Å². The first-order valence-corrected chi connectivity index (χ1v) is 10.0. The minimum atomic E-state index is -0.190. The zero-order valence-corrected chi connectivity index (χ0v) is 17.1. The predicted molar refractivity (Wildman–Crippen MR) is 110 cm³/mol. The van der Waals surface area contributed by atoms with Crippen LogP contribution >= 0.6 is 0 Å². The molecule has 0 aliphatic heterocycles. The van der Waals surface area contributed by atoms with E-state index < -0.39 is 0 Å². The molecule has 1 aliphatic rings. The van der Waals surface area contributed by atoms with Crippen LogP contribution in [0.3, 0.4) is 0 Å². The van der Waals surface area contributed by atoms with E-state index in [1.54, 1.807) is 0 Å². The maximum Gasteiger partial charge on any atom is 0.216 e. The normalized spacial score (nSPS) is 15.8. The fourth-order valence-corrected chi connectivity index (χ4v) is 3.74. The van der Waals surface area contributed by atoms with E-state index in [0.717, 1.165) is 34.6 Å². The van der Waals surface area contributed by atoms with E-state index in [9.17, 15) is 0 Å². The van der Waals surface area contributed by atoms with Crippen LogP contribution < -0.4 is 10.5 Å². The van der Waals surface area contributed by atoms with E-state index in [2.05, 4.69) is 29.0 Å². The molecule has 2 N–H and O–H groups in total. The van der Waals surface area contributed by atoms with Crippen molar-refractivity contribution in [3.63, 3.8) is 0 Å². The number of hydrogen-bond donors (Lipinski definition) is 1. The number of ether oxygens (including phenoxy) is 1. The first kappa shape index (κ1) is 18.9. The van der Waals surface area contributed by atoms with Gasteiger partial charge in [0.2, 0.25) is 5.88 Å². The molecule has 0 radical (unpaired) electrons. The van der Waals surface area contributed by atoms with Crippen molar-refractivity contribution in [2.24, 2.45) is 11.7 Å². The van der Waals surface area contributed by atoms with Gasteiger partial charge in [-0.3, -0.25) is 0 Å². The fraction of sp³-hybridized carbons (Fsp3) is 0.500. The first-order valence-electron chi connectivity index (χ1n) is 10.0. The largest absolute Gasteiger partial charge is 0.477 e. The summed E-state index contributed by atoms with van der Waals surface area (Å²) in [5.74, 6) is 1.64. The van der Waals surface area contributed by atoms with E-state index in [-0.39, 0.29) is 5.54 Å². The third kappa shape index (κ3) is 4.17. The van der Waals surface area contributed by atoms with Crippen LogP contribution in [0.1, 0.15) is 57.2 Å². The number of pyridine rings is 1. The summed E-state index contributed by atoms with van der Waals surface area (Å²) in [5.41, 5.74) is 11.0. The lowest BCUT2D eigenvalue weighted by Crippen LogP contribution is -2.35. The van der Waals surface area contributed by atoms with Gasteiger partial charge in [0.25, 0.3) is 0 Å². The molecule has 0 amide bonds. The summed E-state index contributed by atoms with van der Waals surface area (Å²) in [7, 11) is 0. The van der Waals surface area contributed by atoms with E-state index in [1.165, 1.54) is 12.8 Å². The van der Waals surface area contributed by atoms with Crippen molar-refractivity contribution in [3.8, 4) is 17.1 Å². The van der Waals surface area contributed by atoms with Gasteiger partial charge in [-0.2, -0.15) is 5.10 Å². The quantitative estimate of drug-likeness (QED) is 0.668. The van der Waals surface area contributed by atoms with Crippen molar-refractivity contribution in [2.75, 3.05) is 6.61 Å². The molecule has 3 heterocycles. The van der Waals surface area contributed by atoms with Gasteiger partial charge in [-0.25, -0.2) is 14.5 Å². The highest BCUT2D eigenvalue weighted by Crippen LogP contribution is 2.39. The van der Waals surface area contributed by atoms with Crippen LogP contribution in [0, 0.1) is 12.8 Å². The Hall–Kier alpha value is -2.47. The third-order valence-electron chi connectivity index (χ3n) is 5.08. The maximum atomic E-state index is 6.10. The van der Waals surface area contributed by atoms with Crippen molar-refractivity contribution in [1.82, 2.24) is 19.6 Å². The topological polar surface area (TPSA) is 78.3 Å². The van der Waals surface area contributed by atoms with Gasteiger partial charge in [0.15, 0.2) is 5.65 Å². The highest BCUT2D eigenvalue weighted by molar-refractivity contribution is 5.63. The maximum absolute atomic E-state index is 6.10. The molecule has 3 aromatic rings. The predicted octanol–water partition coefficient (Wildman–Crippen LogP) is 4.12. The zero-order valence-electron chi connectivity index (χ0n) is 17.1. The molecular formula is C22H29N5O. The van der Waals surface area contributed by atoms with Gasteiger partial charge < -0.3 is 10.5 Å². The Morgan fingerprint density at radius 1 is 1.29 bits per heavy atom. The molecule has 3 aromatic heterocycles. The summed E-state index contributed by atoms with van der Waals surface area (Å²) in [6.45, 7) is 8.88. The van der Waals surface area contributed by atoms with Crippen molar-refractivity contribution < 1.29 is 4.74 Å². The lowest BCUT2D eigenvalue weighted by Gasteiger charge is -2.23. The molecule has 6 nitrogen and oxygen atoms in total. The van der Waals surface area contributed by atoms with E-state index in [0.29, 0.717) is 24.3 Å². The monoisotopic (exact) mass is 379 g/mol. The zero-order chi connectivity index (χ0) is 19.9. The first-order chi connectivity index (χ1) is 13.3. The molecule has 1 atom stereocenters. The van der Waals surface area contributed by atoms with Crippen molar-refractivity contribution in [2.45, 2.75) is 58.4 Å². The van der Waals surface area contributed by atoms with Crippen LogP contribution in [0.2, 0.25) is 0 Å². The minimum absolute atomic E-state index is 0.190. The van der Waals surface area contributed by atoms with Gasteiger partial charge in [-0.15, -0.1) is 0 Å².